The lowest BCUT2D eigenvalue weighted by Crippen LogP contribution is -2.25. The molecule has 2 aliphatic rings. The smallest absolute Gasteiger partial charge is 0.232 e. The molecule has 2 aliphatic carbocycles. The molecule has 110 valence electrons. The maximum Gasteiger partial charge on any atom is 0.232 e. The first-order chi connectivity index (χ1) is 9.55. The summed E-state index contributed by atoms with van der Waals surface area (Å²) >= 11 is 0. The third-order valence-corrected chi connectivity index (χ3v) is 5.94. The summed E-state index contributed by atoms with van der Waals surface area (Å²) in [6.45, 7) is 1.63. The van der Waals surface area contributed by atoms with Crippen LogP contribution in [0.2, 0.25) is 0 Å². The summed E-state index contributed by atoms with van der Waals surface area (Å²) in [6.07, 6.45) is 5.43. The minimum absolute atomic E-state index is 0.0954. The van der Waals surface area contributed by atoms with Crippen LogP contribution in [-0.2, 0) is 10.0 Å². The van der Waals surface area contributed by atoms with E-state index in [0.29, 0.717) is 11.7 Å². The molecule has 4 nitrogen and oxygen atoms in total. The zero-order valence-corrected chi connectivity index (χ0v) is 12.6. The Morgan fingerprint density at radius 2 is 1.80 bits per heavy atom. The Morgan fingerprint density at radius 1 is 1.10 bits per heavy atom. The van der Waals surface area contributed by atoms with Crippen molar-refractivity contribution in [1.82, 2.24) is 0 Å². The standard InChI is InChI=1S/C15H22N2O2S/c1-2-20(18,19)17-14-7-5-13(6-8-14)16-15-10-11-3-4-12(15)9-11/h5-8,11-12,15-17H,2-4,9-10H2,1H3. The van der Waals surface area contributed by atoms with Gasteiger partial charge >= 0.3 is 0 Å². The van der Waals surface area contributed by atoms with Gasteiger partial charge in [-0.25, -0.2) is 8.42 Å². The van der Waals surface area contributed by atoms with Crippen molar-refractivity contribution in [3.8, 4) is 0 Å². The van der Waals surface area contributed by atoms with Crippen LogP contribution in [0.1, 0.15) is 32.6 Å². The maximum absolute atomic E-state index is 11.5. The number of hydrogen-bond acceptors (Lipinski definition) is 3. The van der Waals surface area contributed by atoms with Crippen molar-refractivity contribution in [3.05, 3.63) is 24.3 Å². The van der Waals surface area contributed by atoms with Gasteiger partial charge in [-0.15, -0.1) is 0 Å². The predicted molar refractivity (Wildman–Crippen MR) is 82.4 cm³/mol. The quantitative estimate of drug-likeness (QED) is 0.877. The predicted octanol–water partition coefficient (Wildman–Crippen LogP) is 3.05. The van der Waals surface area contributed by atoms with E-state index in [1.54, 1.807) is 6.92 Å². The Kier molecular flexibility index (Phi) is 3.63. The molecule has 5 heteroatoms. The average Bonchev–Trinajstić information content (AvgIpc) is 3.03. The second-order valence-electron chi connectivity index (χ2n) is 6.01. The van der Waals surface area contributed by atoms with Gasteiger partial charge in [-0.1, -0.05) is 6.42 Å². The van der Waals surface area contributed by atoms with E-state index in [1.165, 1.54) is 25.7 Å². The first kappa shape index (κ1) is 13.7. The average molecular weight is 294 g/mol. The molecule has 3 rings (SSSR count). The van der Waals surface area contributed by atoms with Gasteiger partial charge < -0.3 is 5.32 Å². The highest BCUT2D eigenvalue weighted by Gasteiger charge is 2.39. The lowest BCUT2D eigenvalue weighted by Gasteiger charge is -2.24. The number of benzene rings is 1. The Bertz CT molecular complexity index is 568. The molecule has 2 bridgehead atoms. The molecule has 0 aromatic heterocycles. The maximum atomic E-state index is 11.5. The van der Waals surface area contributed by atoms with Crippen molar-refractivity contribution in [2.45, 2.75) is 38.6 Å². The summed E-state index contributed by atoms with van der Waals surface area (Å²) in [4.78, 5) is 0. The van der Waals surface area contributed by atoms with Gasteiger partial charge in [0.2, 0.25) is 10.0 Å². The lowest BCUT2D eigenvalue weighted by molar-refractivity contribution is 0.440. The Balaban J connectivity index is 1.62. The zero-order valence-electron chi connectivity index (χ0n) is 11.8. The Labute approximate surface area is 121 Å². The molecule has 2 N–H and O–H groups in total. The molecule has 0 aliphatic heterocycles. The molecule has 3 unspecified atom stereocenters. The second kappa shape index (κ2) is 5.28. The molecule has 0 radical (unpaired) electrons. The van der Waals surface area contributed by atoms with Crippen molar-refractivity contribution < 1.29 is 8.42 Å². The molecule has 2 fully saturated rings. The fraction of sp³-hybridized carbons (Fsp3) is 0.600. The van der Waals surface area contributed by atoms with Crippen LogP contribution in [-0.4, -0.2) is 20.2 Å². The Morgan fingerprint density at radius 3 is 2.35 bits per heavy atom. The molecular weight excluding hydrogens is 272 g/mol. The highest BCUT2D eigenvalue weighted by Crippen LogP contribution is 2.45. The van der Waals surface area contributed by atoms with Gasteiger partial charge in [0, 0.05) is 17.4 Å². The van der Waals surface area contributed by atoms with Crippen LogP contribution >= 0.6 is 0 Å². The number of hydrogen-bond donors (Lipinski definition) is 2. The summed E-state index contributed by atoms with van der Waals surface area (Å²) in [5, 5.41) is 3.60. The molecule has 20 heavy (non-hydrogen) atoms. The van der Waals surface area contributed by atoms with Crippen molar-refractivity contribution >= 4 is 21.4 Å². The minimum Gasteiger partial charge on any atom is -0.382 e. The van der Waals surface area contributed by atoms with Crippen LogP contribution in [0.15, 0.2) is 24.3 Å². The number of sulfonamides is 1. The fourth-order valence-electron chi connectivity index (χ4n) is 3.52. The van der Waals surface area contributed by atoms with Crippen LogP contribution in [0.25, 0.3) is 0 Å². The van der Waals surface area contributed by atoms with Crippen LogP contribution in [0.4, 0.5) is 11.4 Å². The summed E-state index contributed by atoms with van der Waals surface area (Å²) < 4.78 is 25.5. The second-order valence-corrected chi connectivity index (χ2v) is 8.02. The fourth-order valence-corrected chi connectivity index (χ4v) is 4.16. The molecule has 3 atom stereocenters. The number of nitrogens with one attached hydrogen (secondary N) is 2. The minimum atomic E-state index is -3.19. The highest BCUT2D eigenvalue weighted by atomic mass is 32.2. The number of fused-ring (bicyclic) bond motifs is 2. The van der Waals surface area contributed by atoms with E-state index in [9.17, 15) is 8.42 Å². The highest BCUT2D eigenvalue weighted by molar-refractivity contribution is 7.92. The van der Waals surface area contributed by atoms with Crippen LogP contribution in [0, 0.1) is 11.8 Å². The SMILES string of the molecule is CCS(=O)(=O)Nc1ccc(NC2CC3CCC2C3)cc1. The molecule has 1 aromatic carbocycles. The Hall–Kier alpha value is -1.23. The van der Waals surface area contributed by atoms with Crippen LogP contribution in [0.5, 0.6) is 0 Å². The molecule has 0 spiro atoms. The van der Waals surface area contributed by atoms with Crippen molar-refractivity contribution in [2.75, 3.05) is 15.8 Å². The molecule has 2 saturated carbocycles. The van der Waals surface area contributed by atoms with E-state index in [1.807, 2.05) is 24.3 Å². The molecule has 0 heterocycles. The lowest BCUT2D eigenvalue weighted by atomic mass is 9.95. The number of rotatable bonds is 5. The first-order valence-electron chi connectivity index (χ1n) is 7.43. The van der Waals surface area contributed by atoms with Crippen LogP contribution in [0.3, 0.4) is 0 Å². The summed E-state index contributed by atoms with van der Waals surface area (Å²) in [7, 11) is -3.19. The van der Waals surface area contributed by atoms with Crippen molar-refractivity contribution in [1.29, 1.82) is 0 Å². The van der Waals surface area contributed by atoms with E-state index >= 15 is 0 Å². The summed E-state index contributed by atoms with van der Waals surface area (Å²) in [5.74, 6) is 1.85. The van der Waals surface area contributed by atoms with E-state index in [2.05, 4.69) is 10.0 Å². The van der Waals surface area contributed by atoms with E-state index in [0.717, 1.165) is 17.5 Å². The van der Waals surface area contributed by atoms with Gasteiger partial charge in [0.25, 0.3) is 0 Å². The third kappa shape index (κ3) is 2.92. The summed E-state index contributed by atoms with van der Waals surface area (Å²) in [5.41, 5.74) is 1.72. The molecular formula is C15H22N2O2S. The van der Waals surface area contributed by atoms with Gasteiger partial charge in [0.1, 0.15) is 0 Å². The van der Waals surface area contributed by atoms with Gasteiger partial charge in [-0.2, -0.15) is 0 Å². The van der Waals surface area contributed by atoms with Gasteiger partial charge in [0.05, 0.1) is 5.75 Å². The van der Waals surface area contributed by atoms with Crippen LogP contribution < -0.4 is 10.0 Å². The zero-order chi connectivity index (χ0) is 14.2. The summed E-state index contributed by atoms with van der Waals surface area (Å²) in [6, 6.07) is 8.16. The topological polar surface area (TPSA) is 58.2 Å². The van der Waals surface area contributed by atoms with E-state index < -0.39 is 10.0 Å². The third-order valence-electron chi connectivity index (χ3n) is 4.63. The molecule has 0 saturated heterocycles. The number of anilines is 2. The van der Waals surface area contributed by atoms with E-state index in [4.69, 9.17) is 0 Å². The van der Waals surface area contributed by atoms with Gasteiger partial charge in [-0.05, 0) is 62.3 Å². The van der Waals surface area contributed by atoms with Crippen molar-refractivity contribution in [2.24, 2.45) is 11.8 Å². The monoisotopic (exact) mass is 294 g/mol. The first-order valence-corrected chi connectivity index (χ1v) is 9.08. The largest absolute Gasteiger partial charge is 0.382 e. The molecule has 0 amide bonds. The van der Waals surface area contributed by atoms with E-state index in [-0.39, 0.29) is 5.75 Å². The van der Waals surface area contributed by atoms with Gasteiger partial charge in [0.15, 0.2) is 0 Å². The molecule has 1 aromatic rings. The van der Waals surface area contributed by atoms with Crippen molar-refractivity contribution in [3.63, 3.8) is 0 Å². The van der Waals surface area contributed by atoms with Gasteiger partial charge in [-0.3, -0.25) is 4.72 Å². The normalized spacial score (nSPS) is 28.6.